The van der Waals surface area contributed by atoms with Crippen LogP contribution >= 0.6 is 0 Å². The van der Waals surface area contributed by atoms with E-state index in [0.29, 0.717) is 49.5 Å². The zero-order chi connectivity index (χ0) is 29.4. The third-order valence-electron chi connectivity index (χ3n) is 7.02. The van der Waals surface area contributed by atoms with Crippen LogP contribution in [-0.4, -0.2) is 91.5 Å². The molecule has 0 aromatic heterocycles. The molecule has 2 atom stereocenters. The molecule has 2 fully saturated rings. The minimum atomic E-state index is -0.679. The van der Waals surface area contributed by atoms with Gasteiger partial charge in [-0.2, -0.15) is 0 Å². The molecular weight excluding hydrogens is 514 g/mol. The van der Waals surface area contributed by atoms with Gasteiger partial charge in [-0.05, 0) is 78.5 Å². The van der Waals surface area contributed by atoms with Gasteiger partial charge >= 0.3 is 6.09 Å². The zero-order valence-electron chi connectivity index (χ0n) is 25.2. The Morgan fingerprint density at radius 3 is 2.38 bits per heavy atom. The number of nitrogens with zero attached hydrogens (tertiary/aromatic N) is 2. The van der Waals surface area contributed by atoms with Crippen molar-refractivity contribution in [1.82, 2.24) is 15.1 Å². The van der Waals surface area contributed by atoms with Gasteiger partial charge in [-0.15, -0.1) is 0 Å². The molecule has 1 aliphatic heterocycles. The maximum Gasteiger partial charge on any atom is 0.410 e. The highest BCUT2D eigenvalue weighted by atomic mass is 16.6. The van der Waals surface area contributed by atoms with Crippen molar-refractivity contribution in [3.8, 4) is 11.5 Å². The fourth-order valence-corrected chi connectivity index (χ4v) is 5.00. The van der Waals surface area contributed by atoms with E-state index in [2.05, 4.69) is 5.32 Å². The molecule has 1 aromatic carbocycles. The van der Waals surface area contributed by atoms with E-state index in [1.807, 2.05) is 39.5 Å². The van der Waals surface area contributed by atoms with Crippen molar-refractivity contribution < 1.29 is 33.3 Å². The van der Waals surface area contributed by atoms with Crippen molar-refractivity contribution in [2.24, 2.45) is 0 Å². The Hall–Kier alpha value is -3.01. The highest BCUT2D eigenvalue weighted by molar-refractivity contribution is 5.95. The summed E-state index contributed by atoms with van der Waals surface area (Å²) in [5, 5.41) is 3.03. The minimum Gasteiger partial charge on any atom is -0.493 e. The summed E-state index contributed by atoms with van der Waals surface area (Å²) in [5.74, 6) is 0.839. The van der Waals surface area contributed by atoms with Gasteiger partial charge in [0, 0.05) is 56.8 Å². The molecule has 40 heavy (non-hydrogen) atoms. The van der Waals surface area contributed by atoms with Crippen LogP contribution < -0.4 is 14.8 Å². The van der Waals surface area contributed by atoms with Gasteiger partial charge in [-0.1, -0.05) is 0 Å². The van der Waals surface area contributed by atoms with Crippen LogP contribution in [-0.2, 0) is 14.3 Å². The topological polar surface area (TPSA) is 107 Å². The van der Waals surface area contributed by atoms with Gasteiger partial charge in [0.15, 0.2) is 11.5 Å². The van der Waals surface area contributed by atoms with Crippen molar-refractivity contribution in [1.29, 1.82) is 0 Å². The van der Waals surface area contributed by atoms with Crippen molar-refractivity contribution >= 4 is 17.9 Å². The largest absolute Gasteiger partial charge is 0.493 e. The molecule has 1 aliphatic carbocycles. The Morgan fingerprint density at radius 1 is 1.05 bits per heavy atom. The third kappa shape index (κ3) is 9.01. The van der Waals surface area contributed by atoms with E-state index in [9.17, 15) is 14.4 Å². The molecule has 1 saturated heterocycles. The summed E-state index contributed by atoms with van der Waals surface area (Å²) in [7, 11) is 3.20. The number of hydrogen-bond acceptors (Lipinski definition) is 7. The highest BCUT2D eigenvalue weighted by Gasteiger charge is 2.40. The smallest absolute Gasteiger partial charge is 0.410 e. The molecule has 10 nitrogen and oxygen atoms in total. The third-order valence-corrected chi connectivity index (χ3v) is 7.02. The number of amides is 3. The average Bonchev–Trinajstić information content (AvgIpc) is 3.70. The first kappa shape index (κ1) is 31.5. The number of rotatable bonds is 12. The van der Waals surface area contributed by atoms with Crippen molar-refractivity contribution in [3.05, 3.63) is 23.8 Å². The van der Waals surface area contributed by atoms with Gasteiger partial charge in [-0.25, -0.2) is 4.79 Å². The first-order chi connectivity index (χ1) is 18.9. The van der Waals surface area contributed by atoms with Gasteiger partial charge in [0.1, 0.15) is 5.60 Å². The summed E-state index contributed by atoms with van der Waals surface area (Å²) < 4.78 is 22.2. The van der Waals surface area contributed by atoms with Gasteiger partial charge in [0.25, 0.3) is 5.91 Å². The number of methoxy groups -OCH3 is 2. The van der Waals surface area contributed by atoms with Crippen molar-refractivity contribution in [2.75, 3.05) is 34.0 Å². The van der Waals surface area contributed by atoms with E-state index in [0.717, 1.165) is 12.8 Å². The summed E-state index contributed by atoms with van der Waals surface area (Å²) in [6.45, 7) is 10.7. The first-order valence-electron chi connectivity index (χ1n) is 14.3. The Labute approximate surface area is 238 Å². The Bertz CT molecular complexity index is 1020. The molecule has 1 saturated carbocycles. The maximum absolute atomic E-state index is 13.9. The van der Waals surface area contributed by atoms with Gasteiger partial charge < -0.3 is 34.1 Å². The molecule has 0 bridgehead atoms. The zero-order valence-corrected chi connectivity index (χ0v) is 25.2. The Balaban J connectivity index is 1.80. The summed E-state index contributed by atoms with van der Waals surface area (Å²) >= 11 is 0. The average molecular weight is 562 g/mol. The lowest BCUT2D eigenvalue weighted by Gasteiger charge is -2.45. The van der Waals surface area contributed by atoms with Crippen LogP contribution in [0.5, 0.6) is 11.5 Å². The van der Waals surface area contributed by atoms with Crippen LogP contribution in [0.2, 0.25) is 0 Å². The summed E-state index contributed by atoms with van der Waals surface area (Å²) in [6, 6.07) is 4.78. The number of piperidine rings is 1. The fraction of sp³-hybridized carbons (Fsp3) is 0.700. The number of hydrogen-bond donors (Lipinski definition) is 1. The van der Waals surface area contributed by atoms with Crippen LogP contribution in [0.3, 0.4) is 0 Å². The number of likely N-dealkylation sites (tertiary alicyclic amines) is 1. The van der Waals surface area contributed by atoms with Crippen LogP contribution in [0.25, 0.3) is 0 Å². The molecule has 2 unspecified atom stereocenters. The minimum absolute atomic E-state index is 0.0486. The van der Waals surface area contributed by atoms with Crippen LogP contribution in [0.1, 0.15) is 83.5 Å². The number of carbonyl (C=O) groups excluding carboxylic acids is 3. The summed E-state index contributed by atoms with van der Waals surface area (Å²) in [4.78, 5) is 43.3. The van der Waals surface area contributed by atoms with E-state index in [1.165, 1.54) is 0 Å². The lowest BCUT2D eigenvalue weighted by Crippen LogP contribution is -2.58. The second-order valence-corrected chi connectivity index (χ2v) is 11.9. The molecule has 0 radical (unpaired) electrons. The first-order valence-corrected chi connectivity index (χ1v) is 14.3. The number of carbonyl (C=O) groups is 3. The van der Waals surface area contributed by atoms with E-state index in [1.54, 1.807) is 37.3 Å². The molecule has 1 heterocycles. The van der Waals surface area contributed by atoms with Crippen molar-refractivity contribution in [3.63, 3.8) is 0 Å². The predicted molar refractivity (Wildman–Crippen MR) is 152 cm³/mol. The second-order valence-electron chi connectivity index (χ2n) is 11.9. The Morgan fingerprint density at radius 2 is 1.77 bits per heavy atom. The summed E-state index contributed by atoms with van der Waals surface area (Å²) in [6.07, 6.45) is 3.74. The van der Waals surface area contributed by atoms with Gasteiger partial charge in [0.05, 0.1) is 19.8 Å². The normalized spacial score (nSPS) is 19.2. The van der Waals surface area contributed by atoms with Gasteiger partial charge in [0.2, 0.25) is 5.91 Å². The second kappa shape index (κ2) is 14.1. The molecule has 3 amide bonds. The quantitative estimate of drug-likeness (QED) is 0.377. The molecule has 1 aromatic rings. The van der Waals surface area contributed by atoms with Crippen LogP contribution in [0, 0.1) is 0 Å². The molecular formula is C30H47N3O7. The molecule has 1 N–H and O–H groups in total. The maximum atomic E-state index is 13.9. The standard InChI is InChI=1S/C30H47N3O7/c1-20(2)33(28(35)21-9-14-25(38-7)26(17-21)39-16-8-15-37-6)24-13-12-23(18-27(34)31-22-10-11-22)32(19-24)29(36)40-30(3,4)5/h9,14,17,20,22-24H,8,10-13,15-16,18-19H2,1-7H3,(H,31,34). The van der Waals surface area contributed by atoms with E-state index < -0.39 is 11.7 Å². The van der Waals surface area contributed by atoms with Gasteiger partial charge in [-0.3, -0.25) is 9.59 Å². The lowest BCUT2D eigenvalue weighted by molar-refractivity contribution is -0.122. The Kier molecular flexibility index (Phi) is 11.1. The fourth-order valence-electron chi connectivity index (χ4n) is 5.00. The SMILES string of the molecule is COCCCOc1cc(C(=O)N(C(C)C)C2CCC(CC(=O)NC3CC3)N(C(=O)OC(C)(C)C)C2)ccc1OC. The van der Waals surface area contributed by atoms with Crippen LogP contribution in [0.4, 0.5) is 4.79 Å². The molecule has 2 aliphatic rings. The van der Waals surface area contributed by atoms with Crippen LogP contribution in [0.15, 0.2) is 18.2 Å². The molecule has 10 heteroatoms. The monoisotopic (exact) mass is 561 g/mol. The lowest BCUT2D eigenvalue weighted by atomic mass is 9.93. The molecule has 3 rings (SSSR count). The summed E-state index contributed by atoms with van der Waals surface area (Å²) in [5.41, 5.74) is -0.202. The van der Waals surface area contributed by atoms with E-state index >= 15 is 0 Å². The molecule has 224 valence electrons. The molecule has 0 spiro atoms. The van der Waals surface area contributed by atoms with E-state index in [4.69, 9.17) is 18.9 Å². The van der Waals surface area contributed by atoms with E-state index in [-0.39, 0.29) is 48.9 Å². The van der Waals surface area contributed by atoms with Crippen molar-refractivity contribution in [2.45, 2.75) is 103 Å². The number of nitrogens with one attached hydrogen (secondary N) is 1. The predicted octanol–water partition coefficient (Wildman–Crippen LogP) is 4.40. The highest BCUT2D eigenvalue weighted by Crippen LogP contribution is 2.32. The number of ether oxygens (including phenoxy) is 4. The number of benzene rings is 1.